The van der Waals surface area contributed by atoms with E-state index < -0.39 is 89.8 Å². The molecule has 16 nitrogen and oxygen atoms in total. The minimum atomic E-state index is -2.00. The van der Waals surface area contributed by atoms with E-state index in [1.165, 1.54) is 6.92 Å². The van der Waals surface area contributed by atoms with E-state index in [1.807, 2.05) is 121 Å². The van der Waals surface area contributed by atoms with E-state index in [9.17, 15) is 14.4 Å². The van der Waals surface area contributed by atoms with Gasteiger partial charge in [-0.25, -0.2) is 4.79 Å². The number of carbonyl (C=O) groups is 3. The summed E-state index contributed by atoms with van der Waals surface area (Å²) in [5.74, 6) is -0.505. The number of halogens is 3. The molecule has 0 saturated carbocycles. The summed E-state index contributed by atoms with van der Waals surface area (Å²) < 4.78 is 74.3. The van der Waals surface area contributed by atoms with Gasteiger partial charge in [0, 0.05) is 13.8 Å². The lowest BCUT2D eigenvalue weighted by Crippen LogP contribution is -2.69. The third-order valence-electron chi connectivity index (χ3n) is 11.5. The maximum absolute atomic E-state index is 13.8. The Hall–Kier alpha value is -5.50. The monoisotopic (exact) mass is 1070 g/mol. The Balaban J connectivity index is 1.32. The van der Waals surface area contributed by atoms with Crippen LogP contribution in [0.15, 0.2) is 146 Å². The highest BCUT2D eigenvalue weighted by Crippen LogP contribution is 2.36. The van der Waals surface area contributed by atoms with Crippen LogP contribution >= 0.6 is 34.8 Å². The minimum Gasteiger partial charge on any atom is -0.497 e. The van der Waals surface area contributed by atoms with Crippen LogP contribution in [-0.2, 0) is 83.4 Å². The van der Waals surface area contributed by atoms with E-state index in [0.29, 0.717) is 11.5 Å². The van der Waals surface area contributed by atoms with Gasteiger partial charge in [-0.05, 0) is 46.5 Å². The molecule has 0 unspecified atom stereocenters. The highest BCUT2D eigenvalue weighted by Gasteiger charge is 2.56. The quantitative estimate of drug-likeness (QED) is 0.0373. The second-order valence-electron chi connectivity index (χ2n) is 17.0. The summed E-state index contributed by atoms with van der Waals surface area (Å²) in [6.07, 6.45) is -12.3. The lowest BCUT2D eigenvalue weighted by molar-refractivity contribution is -0.350. The molecule has 2 heterocycles. The van der Waals surface area contributed by atoms with Crippen molar-refractivity contribution in [2.45, 2.75) is 105 Å². The van der Waals surface area contributed by atoms with Gasteiger partial charge in [-0.1, -0.05) is 156 Å². The van der Waals surface area contributed by atoms with Crippen molar-refractivity contribution in [2.24, 2.45) is 0 Å². The van der Waals surface area contributed by atoms with Crippen molar-refractivity contribution in [2.75, 3.05) is 26.9 Å². The molecule has 0 radical (unpaired) electrons. The molecule has 0 aromatic heterocycles. The summed E-state index contributed by atoms with van der Waals surface area (Å²) in [4.78, 5) is 39.7. The lowest BCUT2D eigenvalue weighted by atomic mass is 9.94. The van der Waals surface area contributed by atoms with Crippen LogP contribution in [0.5, 0.6) is 11.5 Å². The molecule has 7 rings (SSSR count). The zero-order chi connectivity index (χ0) is 51.6. The number of methoxy groups -OCH3 is 1. The Bertz CT molecular complexity index is 2440. The molecular formula is C54H58Cl3NO15. The van der Waals surface area contributed by atoms with E-state index in [4.69, 9.17) is 91.6 Å². The van der Waals surface area contributed by atoms with Crippen molar-refractivity contribution in [1.29, 1.82) is 0 Å². The first-order valence-corrected chi connectivity index (χ1v) is 24.6. The van der Waals surface area contributed by atoms with Crippen LogP contribution in [0.25, 0.3) is 0 Å². The molecule has 0 spiro atoms. The first-order valence-electron chi connectivity index (χ1n) is 23.5. The predicted molar refractivity (Wildman–Crippen MR) is 268 cm³/mol. The van der Waals surface area contributed by atoms with Crippen molar-refractivity contribution in [3.8, 4) is 11.5 Å². The van der Waals surface area contributed by atoms with Gasteiger partial charge in [-0.2, -0.15) is 0 Å². The summed E-state index contributed by atoms with van der Waals surface area (Å²) >= 11 is 17.9. The van der Waals surface area contributed by atoms with Crippen LogP contribution in [0.3, 0.4) is 0 Å². The molecule has 1 N–H and O–H groups in total. The van der Waals surface area contributed by atoms with Gasteiger partial charge in [0.15, 0.2) is 18.5 Å². The highest BCUT2D eigenvalue weighted by atomic mass is 35.6. The van der Waals surface area contributed by atoms with Crippen molar-refractivity contribution < 1.29 is 71.2 Å². The predicted octanol–water partition coefficient (Wildman–Crippen LogP) is 8.84. The molecule has 10 atom stereocenters. The fourth-order valence-electron chi connectivity index (χ4n) is 8.15. The van der Waals surface area contributed by atoms with Crippen molar-refractivity contribution in [3.05, 3.63) is 168 Å². The van der Waals surface area contributed by atoms with Gasteiger partial charge in [-0.15, -0.1) is 0 Å². The van der Waals surface area contributed by atoms with Crippen molar-refractivity contribution in [1.82, 2.24) is 5.32 Å². The Kier molecular flexibility index (Phi) is 21.0. The van der Waals surface area contributed by atoms with Gasteiger partial charge in [0.2, 0.25) is 10.1 Å². The van der Waals surface area contributed by atoms with Gasteiger partial charge < -0.3 is 62.2 Å². The molecule has 5 aromatic carbocycles. The lowest BCUT2D eigenvalue weighted by Gasteiger charge is -2.49. The fourth-order valence-corrected chi connectivity index (χ4v) is 8.31. The topological polar surface area (TPSA) is 174 Å². The first kappa shape index (κ1) is 55.3. The molecule has 19 heteroatoms. The average Bonchev–Trinajstić information content (AvgIpc) is 3.38. The average molecular weight is 1070 g/mol. The Labute approximate surface area is 439 Å². The molecule has 0 aliphatic carbocycles. The second-order valence-corrected chi connectivity index (χ2v) is 19.5. The zero-order valence-electron chi connectivity index (χ0n) is 40.3. The Morgan fingerprint density at radius 2 is 0.973 bits per heavy atom. The van der Waals surface area contributed by atoms with Gasteiger partial charge in [-0.3, -0.25) is 9.59 Å². The number of carbonyl (C=O) groups excluding carboxylic acids is 3. The third-order valence-corrected chi connectivity index (χ3v) is 11.8. The smallest absolute Gasteiger partial charge is 0.407 e. The molecule has 2 saturated heterocycles. The van der Waals surface area contributed by atoms with Crippen LogP contribution in [0, 0.1) is 0 Å². The summed E-state index contributed by atoms with van der Waals surface area (Å²) in [6.45, 7) is 1.80. The van der Waals surface area contributed by atoms with E-state index >= 15 is 0 Å². The first-order chi connectivity index (χ1) is 35.3. The van der Waals surface area contributed by atoms with Gasteiger partial charge >= 0.3 is 18.0 Å². The molecule has 73 heavy (non-hydrogen) atoms. The van der Waals surface area contributed by atoms with Crippen LogP contribution < -0.4 is 14.8 Å². The van der Waals surface area contributed by atoms with Crippen molar-refractivity contribution in [3.63, 3.8) is 0 Å². The molecule has 2 aliphatic rings. The van der Waals surface area contributed by atoms with E-state index in [1.54, 1.807) is 31.4 Å². The van der Waals surface area contributed by atoms with Crippen LogP contribution in [0.4, 0.5) is 4.79 Å². The highest BCUT2D eigenvalue weighted by molar-refractivity contribution is 6.67. The number of hydrogen-bond acceptors (Lipinski definition) is 15. The third kappa shape index (κ3) is 17.3. The summed E-state index contributed by atoms with van der Waals surface area (Å²) in [5.41, 5.74) is 3.38. The molecular weight excluding hydrogens is 1010 g/mol. The Morgan fingerprint density at radius 1 is 0.534 bits per heavy atom. The summed E-state index contributed by atoms with van der Waals surface area (Å²) in [7, 11) is 1.57. The standard InChI is InChI=1S/C54H58Cl3NO15/c1-35(59)68-46-43(32-63-28-37-16-8-4-9-17-37)71-51(45(48(46)69-36(2)60)58-53(61)67-34-54(55,56)57)73-47-44(33-64-29-38-18-10-5-11-19-38)72-52(70-42-26-24-41(62-3)25-27-42)50(66-31-40-22-14-7-15-23-40)49(47)65-30-39-20-12-6-13-21-39/h4-27,43-52H,28-34H2,1-3H3,(H,58,61)/t43-,44-,45-,46+,47-,48-,49+,50-,51+,52-/m1/s1. The largest absolute Gasteiger partial charge is 0.497 e. The molecule has 1 amide bonds. The van der Waals surface area contributed by atoms with Crippen LogP contribution in [0.2, 0.25) is 0 Å². The number of alkyl carbamates (subject to hydrolysis) is 1. The number of benzene rings is 5. The van der Waals surface area contributed by atoms with Gasteiger partial charge in [0.25, 0.3) is 0 Å². The molecule has 2 aliphatic heterocycles. The molecule has 0 bridgehead atoms. The van der Waals surface area contributed by atoms with Gasteiger partial charge in [0.1, 0.15) is 54.7 Å². The van der Waals surface area contributed by atoms with Crippen LogP contribution in [-0.4, -0.2) is 110 Å². The van der Waals surface area contributed by atoms with E-state index in [-0.39, 0.29) is 39.6 Å². The number of ether oxygens (including phenoxy) is 12. The van der Waals surface area contributed by atoms with Crippen LogP contribution in [0.1, 0.15) is 36.1 Å². The number of amides is 1. The van der Waals surface area contributed by atoms with Gasteiger partial charge in [0.05, 0.1) is 46.8 Å². The van der Waals surface area contributed by atoms with Crippen molar-refractivity contribution >= 4 is 52.8 Å². The normalized spacial score (nSPS) is 23.9. The minimum absolute atomic E-state index is 0.0561. The number of hydrogen-bond donors (Lipinski definition) is 1. The zero-order valence-corrected chi connectivity index (χ0v) is 42.6. The number of rotatable bonds is 23. The maximum atomic E-state index is 13.8. The van der Waals surface area contributed by atoms with E-state index in [0.717, 1.165) is 29.2 Å². The number of esters is 2. The second kappa shape index (κ2) is 27.7. The summed E-state index contributed by atoms with van der Waals surface area (Å²) in [6, 6.07) is 43.4. The Morgan fingerprint density at radius 3 is 1.45 bits per heavy atom. The SMILES string of the molecule is COc1ccc(O[C@@H]2O[C@H](COCc3ccccc3)[C@@H](O[C@@H]3O[C@H](COCc4ccccc4)[C@H](OC(C)=O)[C@H](OC(C)=O)[C@H]3NC(=O)OCC(Cl)(Cl)Cl)[C@H](OCc3ccccc3)[C@H]2OCc2ccccc2)cc1. The fraction of sp³-hybridized carbons (Fsp3) is 0.389. The molecule has 2 fully saturated rings. The maximum Gasteiger partial charge on any atom is 0.407 e. The summed E-state index contributed by atoms with van der Waals surface area (Å²) in [5, 5.41) is 2.68. The molecule has 5 aromatic rings. The van der Waals surface area contributed by atoms with E-state index in [2.05, 4.69) is 5.32 Å². The number of alkyl halides is 3. The number of nitrogens with one attached hydrogen (secondary N) is 1. The molecule has 390 valence electrons.